The molecule has 0 aromatic heterocycles. The molecule has 0 heterocycles. The topological polar surface area (TPSA) is 131 Å². The fraction of sp³-hybridized carbons (Fsp3) is 0.982. The first-order chi connectivity index (χ1) is 31.9. The van der Waals surface area contributed by atoms with Gasteiger partial charge in [-0.15, -0.1) is 0 Å². The summed E-state index contributed by atoms with van der Waals surface area (Å²) < 4.78 is 22.3. The largest absolute Gasteiger partial charge is 0.472 e. The number of phosphoric ester groups is 1. The van der Waals surface area contributed by atoms with Gasteiger partial charge in [-0.2, -0.15) is 0 Å². The Labute approximate surface area is 405 Å². The van der Waals surface area contributed by atoms with Gasteiger partial charge in [-0.25, -0.2) is 4.57 Å². The Morgan fingerprint density at radius 1 is 0.446 bits per heavy atom. The van der Waals surface area contributed by atoms with Gasteiger partial charge in [-0.1, -0.05) is 303 Å². The number of rotatable bonds is 56. The van der Waals surface area contributed by atoms with E-state index in [9.17, 15) is 19.4 Å². The SMILES string of the molecule is CCCCCCCCCCCCCCCCCCCCCCCCCCCCCCCCCC(=O)N[C@@H](COP(=O)(O)OCCN)[C@H](O)CCCCCCCCCCCCCCCCC. The van der Waals surface area contributed by atoms with E-state index < -0.39 is 20.0 Å². The number of nitrogens with one attached hydrogen (secondary N) is 1. The molecular weight excluding hydrogens is 828 g/mol. The van der Waals surface area contributed by atoms with Gasteiger partial charge in [0.1, 0.15) is 0 Å². The molecule has 0 bridgehead atoms. The van der Waals surface area contributed by atoms with Crippen LogP contribution in [0.5, 0.6) is 0 Å². The van der Waals surface area contributed by atoms with Gasteiger partial charge in [0.2, 0.25) is 5.91 Å². The molecule has 0 rings (SSSR count). The van der Waals surface area contributed by atoms with E-state index in [1.165, 1.54) is 257 Å². The van der Waals surface area contributed by atoms with Crippen LogP contribution in [0.1, 0.15) is 322 Å². The van der Waals surface area contributed by atoms with Crippen LogP contribution in [0, 0.1) is 0 Å². The molecule has 65 heavy (non-hydrogen) atoms. The second-order valence-corrected chi connectivity index (χ2v) is 21.7. The van der Waals surface area contributed by atoms with Crippen LogP contribution in [-0.4, -0.2) is 47.8 Å². The number of hydrogen-bond acceptors (Lipinski definition) is 6. The van der Waals surface area contributed by atoms with Crippen LogP contribution in [0.25, 0.3) is 0 Å². The van der Waals surface area contributed by atoms with Crippen LogP contribution < -0.4 is 11.1 Å². The number of nitrogens with two attached hydrogens (primary N) is 1. The molecule has 0 fully saturated rings. The predicted molar refractivity (Wildman–Crippen MR) is 282 cm³/mol. The highest BCUT2D eigenvalue weighted by Crippen LogP contribution is 2.43. The van der Waals surface area contributed by atoms with Crippen molar-refractivity contribution in [2.75, 3.05) is 19.8 Å². The van der Waals surface area contributed by atoms with E-state index in [0.29, 0.717) is 12.8 Å². The lowest BCUT2D eigenvalue weighted by Crippen LogP contribution is -2.46. The number of aliphatic hydroxyl groups excluding tert-OH is 1. The third kappa shape index (κ3) is 51.2. The summed E-state index contributed by atoms with van der Waals surface area (Å²) in [5, 5.41) is 13.9. The van der Waals surface area contributed by atoms with Gasteiger partial charge in [0.25, 0.3) is 0 Å². The van der Waals surface area contributed by atoms with E-state index in [0.717, 1.165) is 38.5 Å². The third-order valence-electron chi connectivity index (χ3n) is 13.7. The average Bonchev–Trinajstić information content (AvgIpc) is 3.30. The number of carbonyl (C=O) groups is 1. The summed E-state index contributed by atoms with van der Waals surface area (Å²) >= 11 is 0. The van der Waals surface area contributed by atoms with Crippen LogP contribution in [-0.2, 0) is 18.4 Å². The normalized spacial score (nSPS) is 13.6. The second kappa shape index (κ2) is 52.9. The van der Waals surface area contributed by atoms with Gasteiger partial charge in [-0.05, 0) is 12.8 Å². The molecule has 0 spiro atoms. The standard InChI is InChI=1S/C56H115N2O6P/c1-3-5-7-9-11-13-15-17-19-20-21-22-23-24-25-26-27-28-29-30-31-32-33-34-36-38-40-42-44-46-48-50-56(60)58-54(53-64-65(61,62)63-52-51-57)55(59)49-47-45-43-41-39-37-35-18-16-14-12-10-8-6-4-2/h54-55,59H,3-53,57H2,1-2H3,(H,58,60)(H,61,62)/t54-,55+/m0/s1. The molecule has 0 aromatic rings. The number of phosphoric acid groups is 1. The summed E-state index contributed by atoms with van der Waals surface area (Å²) in [6.07, 6.45) is 61.6. The van der Waals surface area contributed by atoms with Gasteiger partial charge in [0.15, 0.2) is 0 Å². The molecule has 390 valence electrons. The zero-order valence-electron chi connectivity index (χ0n) is 43.8. The fourth-order valence-electron chi connectivity index (χ4n) is 9.32. The third-order valence-corrected chi connectivity index (χ3v) is 14.7. The number of unbranched alkanes of at least 4 members (excludes halogenated alkanes) is 44. The van der Waals surface area contributed by atoms with Crippen LogP contribution >= 0.6 is 7.82 Å². The predicted octanol–water partition coefficient (Wildman–Crippen LogP) is 17.7. The lowest BCUT2D eigenvalue weighted by Gasteiger charge is -2.25. The van der Waals surface area contributed by atoms with Crippen LogP contribution in [0.15, 0.2) is 0 Å². The maximum absolute atomic E-state index is 12.9. The van der Waals surface area contributed by atoms with Crippen LogP contribution in [0.3, 0.4) is 0 Å². The van der Waals surface area contributed by atoms with E-state index in [1.807, 2.05) is 0 Å². The van der Waals surface area contributed by atoms with Gasteiger partial charge >= 0.3 is 7.82 Å². The van der Waals surface area contributed by atoms with Crippen molar-refractivity contribution < 1.29 is 28.4 Å². The molecule has 3 atom stereocenters. The smallest absolute Gasteiger partial charge is 0.391 e. The Morgan fingerprint density at radius 3 is 0.985 bits per heavy atom. The summed E-state index contributed by atoms with van der Waals surface area (Å²) in [5.74, 6) is -0.153. The molecule has 1 unspecified atom stereocenters. The minimum atomic E-state index is -4.32. The molecule has 8 nitrogen and oxygen atoms in total. The first-order valence-electron chi connectivity index (χ1n) is 29.2. The number of hydrogen-bond donors (Lipinski definition) is 4. The summed E-state index contributed by atoms with van der Waals surface area (Å²) in [6, 6.07) is -0.769. The highest BCUT2D eigenvalue weighted by atomic mass is 31.2. The van der Waals surface area contributed by atoms with Crippen molar-refractivity contribution in [2.24, 2.45) is 5.73 Å². The number of amides is 1. The minimum Gasteiger partial charge on any atom is -0.391 e. The highest BCUT2D eigenvalue weighted by molar-refractivity contribution is 7.47. The summed E-state index contributed by atoms with van der Waals surface area (Å²) in [5.41, 5.74) is 5.41. The van der Waals surface area contributed by atoms with Crippen molar-refractivity contribution in [2.45, 2.75) is 334 Å². The molecule has 9 heteroatoms. The van der Waals surface area contributed by atoms with Gasteiger partial charge in [-0.3, -0.25) is 13.8 Å². The maximum atomic E-state index is 12.9. The Morgan fingerprint density at radius 2 is 0.708 bits per heavy atom. The van der Waals surface area contributed by atoms with Gasteiger partial charge < -0.3 is 21.1 Å². The van der Waals surface area contributed by atoms with E-state index in [1.54, 1.807) is 0 Å². The van der Waals surface area contributed by atoms with Crippen molar-refractivity contribution >= 4 is 13.7 Å². The number of aliphatic hydroxyl groups is 1. The van der Waals surface area contributed by atoms with Crippen molar-refractivity contribution in [3.8, 4) is 0 Å². The molecule has 5 N–H and O–H groups in total. The van der Waals surface area contributed by atoms with Crippen LogP contribution in [0.2, 0.25) is 0 Å². The van der Waals surface area contributed by atoms with E-state index in [2.05, 4.69) is 19.2 Å². The molecule has 0 saturated carbocycles. The molecule has 0 aliphatic rings. The van der Waals surface area contributed by atoms with E-state index in [-0.39, 0.29) is 25.7 Å². The van der Waals surface area contributed by atoms with Crippen molar-refractivity contribution in [1.29, 1.82) is 0 Å². The Kier molecular flexibility index (Phi) is 52.5. The molecule has 0 radical (unpaired) electrons. The molecule has 0 saturated heterocycles. The molecule has 0 aliphatic carbocycles. The van der Waals surface area contributed by atoms with Gasteiger partial charge in [0.05, 0.1) is 25.4 Å². The van der Waals surface area contributed by atoms with Crippen molar-refractivity contribution in [3.63, 3.8) is 0 Å². The lowest BCUT2D eigenvalue weighted by atomic mass is 10.0. The Bertz CT molecular complexity index is 988. The summed E-state index contributed by atoms with van der Waals surface area (Å²) in [4.78, 5) is 22.9. The average molecular weight is 944 g/mol. The summed E-state index contributed by atoms with van der Waals surface area (Å²) in [7, 11) is -4.32. The molecule has 1 amide bonds. The highest BCUT2D eigenvalue weighted by Gasteiger charge is 2.27. The monoisotopic (exact) mass is 943 g/mol. The first kappa shape index (κ1) is 64.5. The second-order valence-electron chi connectivity index (χ2n) is 20.2. The van der Waals surface area contributed by atoms with Crippen molar-refractivity contribution in [1.82, 2.24) is 5.32 Å². The quantitative estimate of drug-likeness (QED) is 0.0353. The molecule has 0 aliphatic heterocycles. The van der Waals surface area contributed by atoms with Gasteiger partial charge in [0, 0.05) is 13.0 Å². The van der Waals surface area contributed by atoms with E-state index >= 15 is 0 Å². The number of carbonyl (C=O) groups excluding carboxylic acids is 1. The zero-order chi connectivity index (χ0) is 47.4. The zero-order valence-corrected chi connectivity index (χ0v) is 44.7. The molecule has 0 aromatic carbocycles. The minimum absolute atomic E-state index is 0.0929. The Hall–Kier alpha value is -0.500. The first-order valence-corrected chi connectivity index (χ1v) is 30.6. The lowest BCUT2D eigenvalue weighted by molar-refractivity contribution is -0.123. The Balaban J connectivity index is 3.81. The maximum Gasteiger partial charge on any atom is 0.472 e. The van der Waals surface area contributed by atoms with Crippen molar-refractivity contribution in [3.05, 3.63) is 0 Å². The van der Waals surface area contributed by atoms with E-state index in [4.69, 9.17) is 14.8 Å². The summed E-state index contributed by atoms with van der Waals surface area (Å²) in [6.45, 7) is 4.27. The molecular formula is C56H115N2O6P. The van der Waals surface area contributed by atoms with Crippen LogP contribution in [0.4, 0.5) is 0 Å². The fourth-order valence-corrected chi connectivity index (χ4v) is 10.1.